The lowest BCUT2D eigenvalue weighted by Gasteiger charge is -2.09. The molecule has 0 heterocycles. The minimum atomic E-state index is -3.78. The number of halogens is 1. The molecule has 0 aliphatic rings. The monoisotopic (exact) mass is 314 g/mol. The van der Waals surface area contributed by atoms with Crippen LogP contribution >= 0.6 is 11.6 Å². The van der Waals surface area contributed by atoms with Crippen molar-refractivity contribution in [3.05, 3.63) is 54.1 Å². The lowest BCUT2D eigenvalue weighted by Crippen LogP contribution is -2.26. The summed E-state index contributed by atoms with van der Waals surface area (Å²) in [6, 6.07) is 4.05. The molecule has 1 rings (SSSR count). The van der Waals surface area contributed by atoms with E-state index in [1.54, 1.807) is 0 Å². The van der Waals surface area contributed by atoms with Crippen molar-refractivity contribution in [2.75, 3.05) is 13.1 Å². The van der Waals surface area contributed by atoms with Crippen LogP contribution in [0.15, 0.2) is 48.4 Å². The molecule has 5 nitrogen and oxygen atoms in total. The Balaban J connectivity index is 3.11. The molecule has 0 atom stereocenters. The van der Waals surface area contributed by atoms with Gasteiger partial charge >= 0.3 is 0 Å². The summed E-state index contributed by atoms with van der Waals surface area (Å²) in [7, 11) is -3.78. The molecule has 0 saturated heterocycles. The average molecular weight is 315 g/mol. The number of carbonyl (C=O) groups is 1. The van der Waals surface area contributed by atoms with Crippen molar-refractivity contribution >= 4 is 27.5 Å². The number of hydrogen-bond donors (Lipinski definition) is 2. The molecule has 0 aromatic heterocycles. The van der Waals surface area contributed by atoms with E-state index in [2.05, 4.69) is 23.2 Å². The van der Waals surface area contributed by atoms with Gasteiger partial charge in [-0.3, -0.25) is 4.79 Å². The second-order valence-corrected chi connectivity index (χ2v) is 5.93. The molecule has 0 fully saturated rings. The third-order valence-corrected chi connectivity index (χ3v) is 4.21. The Kier molecular flexibility index (Phi) is 5.94. The second-order valence-electron chi connectivity index (χ2n) is 3.78. The highest BCUT2D eigenvalue weighted by Gasteiger charge is 2.19. The second kappa shape index (κ2) is 7.23. The van der Waals surface area contributed by atoms with Gasteiger partial charge < -0.3 is 5.32 Å². The maximum absolute atomic E-state index is 12.0. The van der Waals surface area contributed by atoms with E-state index in [9.17, 15) is 13.2 Å². The summed E-state index contributed by atoms with van der Waals surface area (Å²) < 4.78 is 26.3. The van der Waals surface area contributed by atoms with Crippen molar-refractivity contribution in [3.8, 4) is 0 Å². The highest BCUT2D eigenvalue weighted by molar-refractivity contribution is 7.89. The molecular weight excluding hydrogens is 300 g/mol. The summed E-state index contributed by atoms with van der Waals surface area (Å²) in [4.78, 5) is 11.6. The normalized spacial score (nSPS) is 10.8. The first-order chi connectivity index (χ1) is 9.42. The summed E-state index contributed by atoms with van der Waals surface area (Å²) in [5.41, 5.74) is 0.204. The number of nitrogens with one attached hydrogen (secondary N) is 2. The Morgan fingerprint density at radius 3 is 2.50 bits per heavy atom. The minimum Gasteiger partial charge on any atom is -0.349 e. The molecule has 0 aliphatic carbocycles. The first-order valence-electron chi connectivity index (χ1n) is 5.71. The molecule has 2 N–H and O–H groups in total. The molecule has 20 heavy (non-hydrogen) atoms. The van der Waals surface area contributed by atoms with Crippen molar-refractivity contribution in [1.82, 2.24) is 10.0 Å². The molecule has 108 valence electrons. The molecule has 0 saturated carbocycles. The van der Waals surface area contributed by atoms with Crippen LogP contribution in [0.2, 0.25) is 5.02 Å². The van der Waals surface area contributed by atoms with Gasteiger partial charge in [0.05, 0.1) is 5.02 Å². The topological polar surface area (TPSA) is 75.3 Å². The predicted octanol–water partition coefficient (Wildman–Crippen LogP) is 1.72. The van der Waals surface area contributed by atoms with Crippen molar-refractivity contribution < 1.29 is 13.2 Å². The van der Waals surface area contributed by atoms with Gasteiger partial charge in [-0.25, -0.2) is 13.1 Å². The number of rotatable bonds is 7. The number of carbonyl (C=O) groups excluding carboxylic acids is 1. The highest BCUT2D eigenvalue weighted by Crippen LogP contribution is 2.22. The molecule has 0 aliphatic heterocycles. The van der Waals surface area contributed by atoms with Crippen molar-refractivity contribution in [2.45, 2.75) is 4.90 Å². The Morgan fingerprint density at radius 1 is 1.25 bits per heavy atom. The van der Waals surface area contributed by atoms with Crippen LogP contribution in [0, 0.1) is 0 Å². The van der Waals surface area contributed by atoms with Gasteiger partial charge in [0, 0.05) is 18.7 Å². The van der Waals surface area contributed by atoms with Crippen LogP contribution in [-0.4, -0.2) is 27.4 Å². The van der Waals surface area contributed by atoms with E-state index >= 15 is 0 Å². The zero-order chi connectivity index (χ0) is 15.2. The quantitative estimate of drug-likeness (QED) is 0.752. The van der Waals surface area contributed by atoms with Gasteiger partial charge in [-0.05, 0) is 18.2 Å². The number of hydrogen-bond acceptors (Lipinski definition) is 3. The van der Waals surface area contributed by atoms with Gasteiger partial charge in [0.1, 0.15) is 4.90 Å². The molecule has 0 radical (unpaired) electrons. The molecule has 0 bridgehead atoms. The molecule has 1 aromatic carbocycles. The molecule has 0 unspecified atom stereocenters. The van der Waals surface area contributed by atoms with Gasteiger partial charge in [0.2, 0.25) is 10.0 Å². The van der Waals surface area contributed by atoms with Crippen LogP contribution in [0.5, 0.6) is 0 Å². The SMILES string of the molecule is C=CCNC(=O)c1ccc(Cl)c(S(=O)(=O)NCC=C)c1. The summed E-state index contributed by atoms with van der Waals surface area (Å²) in [6.45, 7) is 7.27. The Morgan fingerprint density at radius 2 is 1.90 bits per heavy atom. The Hall–Kier alpha value is -1.63. The maximum atomic E-state index is 12.0. The zero-order valence-electron chi connectivity index (χ0n) is 10.7. The summed E-state index contributed by atoms with van der Waals surface area (Å²) in [5, 5.41) is 2.60. The lowest BCUT2D eigenvalue weighted by molar-refractivity contribution is 0.0958. The highest BCUT2D eigenvalue weighted by atomic mass is 35.5. The van der Waals surface area contributed by atoms with Gasteiger partial charge in [0.25, 0.3) is 5.91 Å². The average Bonchev–Trinajstić information content (AvgIpc) is 2.42. The fourth-order valence-corrected chi connectivity index (χ4v) is 2.89. The van der Waals surface area contributed by atoms with E-state index in [0.717, 1.165) is 0 Å². The summed E-state index contributed by atoms with van der Waals surface area (Å²) >= 11 is 5.88. The third kappa shape index (κ3) is 4.19. The van der Waals surface area contributed by atoms with Crippen molar-refractivity contribution in [3.63, 3.8) is 0 Å². The van der Waals surface area contributed by atoms with Crippen molar-refractivity contribution in [2.24, 2.45) is 0 Å². The summed E-state index contributed by atoms with van der Waals surface area (Å²) in [6.07, 6.45) is 2.93. The van der Waals surface area contributed by atoms with Crippen LogP contribution in [0.25, 0.3) is 0 Å². The molecule has 1 amide bonds. The van der Waals surface area contributed by atoms with E-state index in [1.165, 1.54) is 30.4 Å². The predicted molar refractivity (Wildman–Crippen MR) is 79.4 cm³/mol. The van der Waals surface area contributed by atoms with E-state index in [1.807, 2.05) is 0 Å². The van der Waals surface area contributed by atoms with E-state index < -0.39 is 15.9 Å². The van der Waals surface area contributed by atoms with Gasteiger partial charge in [-0.2, -0.15) is 0 Å². The number of benzene rings is 1. The summed E-state index contributed by atoms with van der Waals surface area (Å²) in [5.74, 6) is -0.401. The largest absolute Gasteiger partial charge is 0.349 e. The third-order valence-electron chi connectivity index (χ3n) is 2.31. The lowest BCUT2D eigenvalue weighted by atomic mass is 10.2. The van der Waals surface area contributed by atoms with Crippen LogP contribution in [-0.2, 0) is 10.0 Å². The fraction of sp³-hybridized carbons (Fsp3) is 0.154. The molecule has 7 heteroatoms. The fourth-order valence-electron chi connectivity index (χ4n) is 1.36. The van der Waals surface area contributed by atoms with E-state index in [4.69, 9.17) is 11.6 Å². The Labute approximate surface area is 123 Å². The standard InChI is InChI=1S/C13H15ClN2O3S/c1-3-7-15-13(17)10-5-6-11(14)12(9-10)20(18,19)16-8-4-2/h3-6,9,16H,1-2,7-8H2,(H,15,17). The van der Waals surface area contributed by atoms with E-state index in [0.29, 0.717) is 0 Å². The van der Waals surface area contributed by atoms with Gasteiger partial charge in [0.15, 0.2) is 0 Å². The molecular formula is C13H15ClN2O3S. The van der Waals surface area contributed by atoms with Crippen molar-refractivity contribution in [1.29, 1.82) is 0 Å². The van der Waals surface area contributed by atoms with Gasteiger partial charge in [-0.15, -0.1) is 13.2 Å². The zero-order valence-corrected chi connectivity index (χ0v) is 12.3. The Bertz CT molecular complexity index is 627. The molecule has 1 aromatic rings. The van der Waals surface area contributed by atoms with Crippen LogP contribution in [0.3, 0.4) is 0 Å². The molecule has 0 spiro atoms. The maximum Gasteiger partial charge on any atom is 0.251 e. The smallest absolute Gasteiger partial charge is 0.251 e. The van der Waals surface area contributed by atoms with Gasteiger partial charge in [-0.1, -0.05) is 23.8 Å². The van der Waals surface area contributed by atoms with Crippen LogP contribution in [0.4, 0.5) is 0 Å². The van der Waals surface area contributed by atoms with E-state index in [-0.39, 0.29) is 28.6 Å². The number of sulfonamides is 1. The minimum absolute atomic E-state index is 0.0434. The van der Waals surface area contributed by atoms with Crippen LogP contribution < -0.4 is 10.0 Å². The first kappa shape index (κ1) is 16.4. The van der Waals surface area contributed by atoms with Crippen LogP contribution in [0.1, 0.15) is 10.4 Å². The number of amides is 1. The first-order valence-corrected chi connectivity index (χ1v) is 7.57.